The van der Waals surface area contributed by atoms with Gasteiger partial charge in [-0.15, -0.1) is 5.10 Å². The minimum atomic E-state index is -1.04. The molecule has 0 radical (unpaired) electrons. The van der Waals surface area contributed by atoms with Crippen LogP contribution in [-0.2, 0) is 4.79 Å². The lowest BCUT2D eigenvalue weighted by Gasteiger charge is -2.21. The minimum absolute atomic E-state index is 0.337. The van der Waals surface area contributed by atoms with Crippen molar-refractivity contribution in [2.45, 2.75) is 13.3 Å². The van der Waals surface area contributed by atoms with Crippen molar-refractivity contribution in [2.75, 3.05) is 13.1 Å². The van der Waals surface area contributed by atoms with E-state index in [1.165, 1.54) is 15.9 Å². The molecule has 0 unspecified atom stereocenters. The van der Waals surface area contributed by atoms with E-state index in [2.05, 4.69) is 15.5 Å². The number of carbonyl (C=O) groups is 2. The SMILES string of the molecule is CCCN(CC(=O)O)C(=O)c1ccccc1-n1cnnn1. The van der Waals surface area contributed by atoms with Crippen molar-refractivity contribution < 1.29 is 14.7 Å². The van der Waals surface area contributed by atoms with Gasteiger partial charge in [0, 0.05) is 6.54 Å². The number of rotatable bonds is 6. The van der Waals surface area contributed by atoms with Crippen LogP contribution < -0.4 is 0 Å². The molecule has 0 bridgehead atoms. The van der Waals surface area contributed by atoms with E-state index in [1.54, 1.807) is 24.3 Å². The number of tetrazole rings is 1. The van der Waals surface area contributed by atoms with Crippen LogP contribution in [0.3, 0.4) is 0 Å². The molecule has 0 saturated carbocycles. The highest BCUT2D eigenvalue weighted by Gasteiger charge is 2.21. The van der Waals surface area contributed by atoms with Crippen LogP contribution in [0.15, 0.2) is 30.6 Å². The molecule has 21 heavy (non-hydrogen) atoms. The summed E-state index contributed by atoms with van der Waals surface area (Å²) in [6.07, 6.45) is 2.06. The molecule has 2 aromatic rings. The van der Waals surface area contributed by atoms with Crippen molar-refractivity contribution in [1.82, 2.24) is 25.1 Å². The lowest BCUT2D eigenvalue weighted by Crippen LogP contribution is -2.36. The zero-order valence-electron chi connectivity index (χ0n) is 11.5. The first-order valence-corrected chi connectivity index (χ1v) is 6.47. The molecule has 1 amide bonds. The highest BCUT2D eigenvalue weighted by atomic mass is 16.4. The second-order valence-electron chi connectivity index (χ2n) is 4.39. The zero-order chi connectivity index (χ0) is 15.2. The number of para-hydroxylation sites is 1. The first-order chi connectivity index (χ1) is 10.1. The van der Waals surface area contributed by atoms with Crippen LogP contribution in [0.4, 0.5) is 0 Å². The summed E-state index contributed by atoms with van der Waals surface area (Å²) in [4.78, 5) is 24.8. The van der Waals surface area contributed by atoms with Crippen LogP contribution in [-0.4, -0.2) is 55.2 Å². The lowest BCUT2D eigenvalue weighted by atomic mass is 10.1. The fourth-order valence-electron chi connectivity index (χ4n) is 1.98. The van der Waals surface area contributed by atoms with E-state index in [4.69, 9.17) is 5.11 Å². The van der Waals surface area contributed by atoms with E-state index in [0.717, 1.165) is 0 Å². The summed E-state index contributed by atoms with van der Waals surface area (Å²) < 4.78 is 1.37. The third-order valence-electron chi connectivity index (χ3n) is 2.84. The van der Waals surface area contributed by atoms with Gasteiger partial charge in [0.2, 0.25) is 0 Å². The molecule has 0 spiro atoms. The molecule has 1 heterocycles. The fraction of sp³-hybridized carbons (Fsp3) is 0.308. The van der Waals surface area contributed by atoms with Gasteiger partial charge < -0.3 is 10.0 Å². The number of aromatic nitrogens is 4. The first kappa shape index (κ1) is 14.6. The number of hydrogen-bond acceptors (Lipinski definition) is 5. The maximum Gasteiger partial charge on any atom is 0.323 e. The second-order valence-corrected chi connectivity index (χ2v) is 4.39. The number of aliphatic carboxylic acids is 1. The van der Waals surface area contributed by atoms with E-state index in [0.29, 0.717) is 24.2 Å². The Morgan fingerprint density at radius 2 is 2.10 bits per heavy atom. The first-order valence-electron chi connectivity index (χ1n) is 6.47. The number of nitrogens with zero attached hydrogens (tertiary/aromatic N) is 5. The minimum Gasteiger partial charge on any atom is -0.480 e. The van der Waals surface area contributed by atoms with Crippen molar-refractivity contribution >= 4 is 11.9 Å². The molecule has 0 aliphatic rings. The van der Waals surface area contributed by atoms with Crippen LogP contribution in [0.25, 0.3) is 5.69 Å². The highest BCUT2D eigenvalue weighted by Crippen LogP contribution is 2.15. The average Bonchev–Trinajstić information content (AvgIpc) is 3.00. The van der Waals surface area contributed by atoms with Crippen molar-refractivity contribution in [2.24, 2.45) is 0 Å². The van der Waals surface area contributed by atoms with Gasteiger partial charge in [-0.25, -0.2) is 0 Å². The largest absolute Gasteiger partial charge is 0.480 e. The molecule has 0 aliphatic carbocycles. The quantitative estimate of drug-likeness (QED) is 0.835. The van der Waals surface area contributed by atoms with Crippen molar-refractivity contribution in [3.8, 4) is 5.69 Å². The molecule has 0 aliphatic heterocycles. The van der Waals surface area contributed by atoms with Gasteiger partial charge in [0.25, 0.3) is 5.91 Å². The predicted molar refractivity (Wildman–Crippen MR) is 73.0 cm³/mol. The molecule has 0 fully saturated rings. The summed E-state index contributed by atoms with van der Waals surface area (Å²) in [5.41, 5.74) is 0.874. The van der Waals surface area contributed by atoms with Crippen molar-refractivity contribution in [3.63, 3.8) is 0 Å². The maximum atomic E-state index is 12.6. The van der Waals surface area contributed by atoms with E-state index in [9.17, 15) is 9.59 Å². The van der Waals surface area contributed by atoms with E-state index < -0.39 is 5.97 Å². The second kappa shape index (κ2) is 6.60. The van der Waals surface area contributed by atoms with Gasteiger partial charge in [-0.2, -0.15) is 4.68 Å². The molecule has 1 N–H and O–H groups in total. The summed E-state index contributed by atoms with van der Waals surface area (Å²) in [6.45, 7) is 1.92. The van der Waals surface area contributed by atoms with E-state index in [1.807, 2.05) is 6.92 Å². The van der Waals surface area contributed by atoms with Crippen molar-refractivity contribution in [1.29, 1.82) is 0 Å². The van der Waals surface area contributed by atoms with E-state index in [-0.39, 0.29) is 12.5 Å². The molecule has 0 saturated heterocycles. The normalized spacial score (nSPS) is 10.3. The number of carboxylic acid groups (broad SMARTS) is 1. The third-order valence-corrected chi connectivity index (χ3v) is 2.84. The van der Waals surface area contributed by atoms with Gasteiger partial charge in [0.05, 0.1) is 11.3 Å². The molecule has 1 aromatic heterocycles. The standard InChI is InChI=1S/C13H15N5O3/c1-2-7-17(8-12(19)20)13(21)10-5-3-4-6-11(10)18-9-14-15-16-18/h3-6,9H,2,7-8H2,1H3,(H,19,20). The van der Waals surface area contributed by atoms with Crippen molar-refractivity contribution in [3.05, 3.63) is 36.2 Å². The smallest absolute Gasteiger partial charge is 0.323 e. The Labute approximate surface area is 121 Å². The van der Waals surface area contributed by atoms with E-state index >= 15 is 0 Å². The van der Waals surface area contributed by atoms with Gasteiger partial charge in [-0.05, 0) is 29.0 Å². The number of carboxylic acids is 1. The number of hydrogen-bond donors (Lipinski definition) is 1. The number of carbonyl (C=O) groups excluding carboxylic acids is 1. The molecule has 8 nitrogen and oxygen atoms in total. The van der Waals surface area contributed by atoms with Crippen LogP contribution in [0.2, 0.25) is 0 Å². The molecular weight excluding hydrogens is 274 g/mol. The summed E-state index contributed by atoms with van der Waals surface area (Å²) in [7, 11) is 0. The van der Waals surface area contributed by atoms with Gasteiger partial charge in [0.1, 0.15) is 12.9 Å². The van der Waals surface area contributed by atoms with Gasteiger partial charge >= 0.3 is 5.97 Å². The molecule has 8 heteroatoms. The Hall–Kier alpha value is -2.77. The van der Waals surface area contributed by atoms with Crippen LogP contribution in [0, 0.1) is 0 Å². The van der Waals surface area contributed by atoms with Crippen LogP contribution >= 0.6 is 0 Å². The summed E-state index contributed by atoms with van der Waals surface area (Å²) in [5, 5.41) is 19.8. The molecular formula is C13H15N5O3. The Bertz CT molecular complexity index is 626. The Kier molecular flexibility index (Phi) is 4.60. The summed E-state index contributed by atoms with van der Waals surface area (Å²) in [5.74, 6) is -1.40. The highest BCUT2D eigenvalue weighted by molar-refractivity contribution is 5.99. The Morgan fingerprint density at radius 1 is 1.33 bits per heavy atom. The maximum absolute atomic E-state index is 12.6. The summed E-state index contributed by atoms with van der Waals surface area (Å²) >= 11 is 0. The third kappa shape index (κ3) is 3.41. The number of benzene rings is 1. The molecule has 110 valence electrons. The van der Waals surface area contributed by atoms with Gasteiger partial charge in [0.15, 0.2) is 0 Å². The predicted octanol–water partition coefficient (Wildman–Crippen LogP) is 0.599. The Balaban J connectivity index is 2.36. The summed E-state index contributed by atoms with van der Waals surface area (Å²) in [6, 6.07) is 6.81. The Morgan fingerprint density at radius 3 is 2.71 bits per heavy atom. The molecule has 2 rings (SSSR count). The fourth-order valence-corrected chi connectivity index (χ4v) is 1.98. The van der Waals surface area contributed by atoms with Gasteiger partial charge in [-0.3, -0.25) is 9.59 Å². The number of amides is 1. The zero-order valence-corrected chi connectivity index (χ0v) is 11.5. The van der Waals surface area contributed by atoms with Gasteiger partial charge in [-0.1, -0.05) is 19.1 Å². The monoisotopic (exact) mass is 289 g/mol. The van der Waals surface area contributed by atoms with Crippen LogP contribution in [0.1, 0.15) is 23.7 Å². The lowest BCUT2D eigenvalue weighted by molar-refractivity contribution is -0.137. The topological polar surface area (TPSA) is 101 Å². The molecule has 0 atom stereocenters. The molecule has 1 aromatic carbocycles. The average molecular weight is 289 g/mol. The van der Waals surface area contributed by atoms with Crippen LogP contribution in [0.5, 0.6) is 0 Å².